The van der Waals surface area contributed by atoms with E-state index in [4.69, 9.17) is 28.4 Å². The third-order valence-electron chi connectivity index (χ3n) is 16.8. The second kappa shape index (κ2) is 50.1. The number of aliphatic hydroxyl groups excluding tert-OH is 11. The number of aliphatic hydroxyl groups is 11. The molecule has 3 fully saturated rings. The molecule has 12 N–H and O–H groups in total. The minimum absolute atomic E-state index is 0.222. The Kier molecular flexibility index (Phi) is 45.3. The predicted molar refractivity (Wildman–Crippen MR) is 337 cm³/mol. The molecule has 0 aromatic rings. The van der Waals surface area contributed by atoms with Gasteiger partial charge in [-0.05, 0) is 64.2 Å². The molecule has 0 spiro atoms. The summed E-state index contributed by atoms with van der Waals surface area (Å²) in [5.74, 6) is -0.296. The molecule has 19 nitrogen and oxygen atoms in total. The van der Waals surface area contributed by atoms with Crippen LogP contribution in [0.3, 0.4) is 0 Å². The number of hydrogen-bond acceptors (Lipinski definition) is 18. The van der Waals surface area contributed by atoms with Gasteiger partial charge < -0.3 is 89.9 Å². The first-order chi connectivity index (χ1) is 42.3. The zero-order valence-electron chi connectivity index (χ0n) is 53.2. The number of hydrogen-bond donors (Lipinski definition) is 12. The fraction of sp³-hybridized carbons (Fsp3) is 0.838. The van der Waals surface area contributed by atoms with Crippen LogP contribution in [0, 0.1) is 0 Å². The van der Waals surface area contributed by atoms with E-state index in [1.54, 1.807) is 6.08 Å². The number of carbonyl (C=O) groups is 1. The van der Waals surface area contributed by atoms with Gasteiger partial charge in [0.25, 0.3) is 0 Å². The van der Waals surface area contributed by atoms with Crippen molar-refractivity contribution in [2.75, 3.05) is 26.4 Å². The van der Waals surface area contributed by atoms with Gasteiger partial charge in [0, 0.05) is 6.42 Å². The van der Waals surface area contributed by atoms with Gasteiger partial charge in [-0.25, -0.2) is 0 Å². The summed E-state index contributed by atoms with van der Waals surface area (Å²) in [6, 6.07) is -0.998. The van der Waals surface area contributed by atoms with E-state index in [2.05, 4.69) is 67.8 Å². The number of amides is 1. The van der Waals surface area contributed by atoms with Crippen molar-refractivity contribution >= 4 is 5.91 Å². The summed E-state index contributed by atoms with van der Waals surface area (Å²) >= 11 is 0. The van der Waals surface area contributed by atoms with E-state index in [1.807, 2.05) is 6.08 Å². The van der Waals surface area contributed by atoms with Gasteiger partial charge in [-0.3, -0.25) is 4.79 Å². The number of allylic oxidation sites excluding steroid dienone is 9. The average Bonchev–Trinajstić information content (AvgIpc) is 2.97. The van der Waals surface area contributed by atoms with Crippen molar-refractivity contribution < 1.29 is 89.4 Å². The molecule has 0 saturated carbocycles. The Morgan fingerprint density at radius 2 is 0.805 bits per heavy atom. The van der Waals surface area contributed by atoms with Gasteiger partial charge in [0.15, 0.2) is 18.9 Å². The summed E-state index contributed by atoms with van der Waals surface area (Å²) < 4.78 is 34.3. The van der Waals surface area contributed by atoms with Gasteiger partial charge in [0.1, 0.15) is 73.2 Å². The van der Waals surface area contributed by atoms with Crippen molar-refractivity contribution in [1.29, 1.82) is 0 Å². The van der Waals surface area contributed by atoms with Crippen molar-refractivity contribution in [2.45, 2.75) is 336 Å². The molecule has 506 valence electrons. The molecule has 3 aliphatic heterocycles. The molecule has 3 rings (SSSR count). The van der Waals surface area contributed by atoms with Gasteiger partial charge in [-0.15, -0.1) is 0 Å². The van der Waals surface area contributed by atoms with Crippen LogP contribution in [0.1, 0.15) is 232 Å². The first kappa shape index (κ1) is 78.7. The third kappa shape index (κ3) is 32.6. The van der Waals surface area contributed by atoms with Crippen LogP contribution in [0.25, 0.3) is 0 Å². The number of nitrogens with one attached hydrogen (secondary N) is 1. The zero-order valence-corrected chi connectivity index (χ0v) is 53.2. The van der Waals surface area contributed by atoms with E-state index in [1.165, 1.54) is 116 Å². The molecule has 1 amide bonds. The van der Waals surface area contributed by atoms with E-state index in [9.17, 15) is 61.0 Å². The van der Waals surface area contributed by atoms with Crippen molar-refractivity contribution in [1.82, 2.24) is 5.32 Å². The number of ether oxygens (including phenoxy) is 6. The van der Waals surface area contributed by atoms with Gasteiger partial charge in [-0.1, -0.05) is 222 Å². The lowest BCUT2D eigenvalue weighted by molar-refractivity contribution is -0.379. The molecule has 0 aromatic carbocycles. The maximum Gasteiger partial charge on any atom is 0.220 e. The average molecular weight is 1240 g/mol. The summed E-state index contributed by atoms with van der Waals surface area (Å²) in [7, 11) is 0. The van der Waals surface area contributed by atoms with Crippen molar-refractivity contribution in [3.8, 4) is 0 Å². The number of unbranched alkanes of at least 4 members (excludes halogenated alkanes) is 27. The van der Waals surface area contributed by atoms with Gasteiger partial charge in [0.2, 0.25) is 5.91 Å². The summed E-state index contributed by atoms with van der Waals surface area (Å²) in [5, 5.41) is 120. The van der Waals surface area contributed by atoms with E-state index in [0.29, 0.717) is 12.8 Å². The van der Waals surface area contributed by atoms with Gasteiger partial charge in [-0.2, -0.15) is 0 Å². The molecule has 3 saturated heterocycles. The van der Waals surface area contributed by atoms with Crippen LogP contribution >= 0.6 is 0 Å². The summed E-state index contributed by atoms with van der Waals surface area (Å²) in [6.07, 6.45) is 33.5. The summed E-state index contributed by atoms with van der Waals surface area (Å²) in [6.45, 7) is 1.60. The van der Waals surface area contributed by atoms with Crippen LogP contribution in [0.2, 0.25) is 0 Å². The minimum atomic E-state index is -1.98. The third-order valence-corrected chi connectivity index (χ3v) is 16.8. The Morgan fingerprint density at radius 3 is 1.29 bits per heavy atom. The largest absolute Gasteiger partial charge is 0.394 e. The highest BCUT2D eigenvalue weighted by Crippen LogP contribution is 2.33. The standard InChI is InChI=1S/C68H121NO18/c1-3-5-7-9-11-13-15-17-19-21-22-23-24-25-26-27-28-30-31-33-35-37-39-41-43-45-52(73)51(69-56(74)46-44-42-40-38-36-34-32-29-20-18-16-14-12-10-8-6-4-2)50-82-66-62(80)59(77)64(54(48-71)84-66)87-68-63(81)60(78)65(55(49-72)85-68)86-67-61(79)58(76)57(75)53(47-70)83-67/h6,8,12,14,18,20,35,37,43,45,51-55,57-68,70-73,75-81H,3-5,7,9-11,13,15-17,19,21-34,36,38-42,44,46-50H2,1-2H3,(H,69,74)/b8-6-,14-12-,20-18-,37-35+,45-43+. The molecule has 0 aromatic heterocycles. The van der Waals surface area contributed by atoms with Gasteiger partial charge >= 0.3 is 0 Å². The molecule has 0 radical (unpaired) electrons. The Labute approximate surface area is 522 Å². The maximum atomic E-state index is 13.4. The quantitative estimate of drug-likeness (QED) is 0.0201. The second-order valence-corrected chi connectivity index (χ2v) is 24.2. The molecule has 3 aliphatic rings. The van der Waals surface area contributed by atoms with Crippen LogP contribution in [0.5, 0.6) is 0 Å². The second-order valence-electron chi connectivity index (χ2n) is 24.2. The van der Waals surface area contributed by atoms with Crippen LogP contribution in [0.4, 0.5) is 0 Å². The van der Waals surface area contributed by atoms with Crippen LogP contribution in [0.15, 0.2) is 60.8 Å². The smallest absolute Gasteiger partial charge is 0.220 e. The Morgan fingerprint density at radius 1 is 0.425 bits per heavy atom. The predicted octanol–water partition coefficient (Wildman–Crippen LogP) is 8.38. The van der Waals surface area contributed by atoms with Crippen molar-refractivity contribution in [2.24, 2.45) is 0 Å². The van der Waals surface area contributed by atoms with Crippen LogP contribution in [-0.2, 0) is 33.2 Å². The molecule has 17 atom stereocenters. The first-order valence-corrected chi connectivity index (χ1v) is 34.0. The van der Waals surface area contributed by atoms with E-state index in [0.717, 1.165) is 83.5 Å². The Hall–Kier alpha value is -2.51. The highest BCUT2D eigenvalue weighted by Gasteiger charge is 2.53. The molecule has 0 bridgehead atoms. The van der Waals surface area contributed by atoms with Crippen LogP contribution in [-0.4, -0.2) is 193 Å². The lowest BCUT2D eigenvalue weighted by Gasteiger charge is -2.48. The lowest BCUT2D eigenvalue weighted by atomic mass is 9.96. The number of carbonyl (C=O) groups excluding carboxylic acids is 1. The molecule has 0 aliphatic carbocycles. The first-order valence-electron chi connectivity index (χ1n) is 34.0. The zero-order chi connectivity index (χ0) is 63.3. The minimum Gasteiger partial charge on any atom is -0.394 e. The fourth-order valence-electron chi connectivity index (χ4n) is 11.3. The maximum absolute atomic E-state index is 13.4. The van der Waals surface area contributed by atoms with E-state index in [-0.39, 0.29) is 18.9 Å². The normalized spacial score (nSPS) is 29.0. The number of rotatable bonds is 51. The monoisotopic (exact) mass is 1240 g/mol. The van der Waals surface area contributed by atoms with E-state index < -0.39 is 124 Å². The fourth-order valence-corrected chi connectivity index (χ4v) is 11.3. The van der Waals surface area contributed by atoms with Crippen molar-refractivity contribution in [3.05, 3.63) is 60.8 Å². The molecule has 17 unspecified atom stereocenters. The highest BCUT2D eigenvalue weighted by atomic mass is 16.8. The Bertz CT molecular complexity index is 1820. The topological polar surface area (TPSA) is 307 Å². The van der Waals surface area contributed by atoms with Crippen LogP contribution < -0.4 is 5.32 Å². The van der Waals surface area contributed by atoms with Gasteiger partial charge in [0.05, 0.1) is 38.6 Å². The van der Waals surface area contributed by atoms with E-state index >= 15 is 0 Å². The molecule has 3 heterocycles. The summed E-state index contributed by atoms with van der Waals surface area (Å²) in [5.41, 5.74) is 0. The highest BCUT2D eigenvalue weighted by molar-refractivity contribution is 5.76. The summed E-state index contributed by atoms with van der Waals surface area (Å²) in [4.78, 5) is 13.4. The van der Waals surface area contributed by atoms with Crippen molar-refractivity contribution in [3.63, 3.8) is 0 Å². The molecular formula is C68H121NO18. The molecular weight excluding hydrogens is 1120 g/mol. The lowest BCUT2D eigenvalue weighted by Crippen LogP contribution is -2.66. The SMILES string of the molecule is CC/C=C\C/C=C\C/C=C\CCCCCCCCCC(=O)NC(COC1OC(CO)C(OC2OC(CO)C(OC3OC(CO)C(O)C(O)C3O)C(O)C2O)C(O)C1O)C(O)/C=C/CC/C=C/CCCCCCCCCCCCCCCCCCCCC. The molecule has 19 heteroatoms. The Balaban J connectivity index is 1.46. The molecule has 87 heavy (non-hydrogen) atoms.